The minimum atomic E-state index is -0.263. The predicted molar refractivity (Wildman–Crippen MR) is 103 cm³/mol. The number of aliphatic hydroxyl groups excluding tert-OH is 1. The molecule has 0 amide bonds. The molecule has 1 unspecified atom stereocenters. The van der Waals surface area contributed by atoms with E-state index in [9.17, 15) is 14.7 Å². The Kier molecular flexibility index (Phi) is 5.12. The first-order valence-corrected chi connectivity index (χ1v) is 10.6. The van der Waals surface area contributed by atoms with E-state index in [1.807, 2.05) is 0 Å². The van der Waals surface area contributed by atoms with E-state index in [4.69, 9.17) is 9.05 Å². The number of rotatable bonds is 11. The van der Waals surface area contributed by atoms with Crippen LogP contribution in [0.3, 0.4) is 0 Å². The molecular formula is C21H30N2O5. The summed E-state index contributed by atoms with van der Waals surface area (Å²) in [7, 11) is 0. The Hall–Kier alpha value is -2.02. The van der Waals surface area contributed by atoms with Gasteiger partial charge in [0.05, 0.1) is 6.10 Å². The summed E-state index contributed by atoms with van der Waals surface area (Å²) in [5, 5.41) is 15.1. The summed E-state index contributed by atoms with van der Waals surface area (Å²) in [5.41, 5.74) is -0.791. The van der Waals surface area contributed by atoms with E-state index >= 15 is 0 Å². The molecule has 2 aromatic heterocycles. The third kappa shape index (κ3) is 3.52. The van der Waals surface area contributed by atoms with Gasteiger partial charge in [0.15, 0.2) is 0 Å². The minimum Gasteiger partial charge on any atom is -0.393 e. The van der Waals surface area contributed by atoms with Crippen molar-refractivity contribution in [3.8, 4) is 0 Å². The zero-order chi connectivity index (χ0) is 19.8. The van der Waals surface area contributed by atoms with Crippen molar-refractivity contribution >= 4 is 0 Å². The summed E-state index contributed by atoms with van der Waals surface area (Å²) in [4.78, 5) is 23.4. The van der Waals surface area contributed by atoms with Crippen molar-refractivity contribution < 1.29 is 14.2 Å². The van der Waals surface area contributed by atoms with Gasteiger partial charge >= 0.3 is 0 Å². The van der Waals surface area contributed by atoms with Crippen LogP contribution in [-0.2, 0) is 10.8 Å². The number of hydrogen-bond donors (Lipinski definition) is 3. The molecule has 4 rings (SSSR count). The molecule has 2 aromatic rings. The maximum atomic E-state index is 11.7. The molecule has 0 radical (unpaired) electrons. The van der Waals surface area contributed by atoms with Gasteiger partial charge in [0.1, 0.15) is 11.5 Å². The molecule has 0 aromatic carbocycles. The Morgan fingerprint density at radius 3 is 1.82 bits per heavy atom. The third-order valence-corrected chi connectivity index (χ3v) is 6.86. The van der Waals surface area contributed by atoms with Crippen LogP contribution < -0.4 is 11.1 Å². The summed E-state index contributed by atoms with van der Waals surface area (Å²) in [6.07, 6.45) is 9.16. The van der Waals surface area contributed by atoms with Crippen LogP contribution in [0.2, 0.25) is 0 Å². The third-order valence-electron chi connectivity index (χ3n) is 6.86. The number of aromatic nitrogens is 2. The molecular weight excluding hydrogens is 360 g/mol. The van der Waals surface area contributed by atoms with Crippen molar-refractivity contribution in [3.63, 3.8) is 0 Å². The normalized spacial score (nSPS) is 20.4. The summed E-state index contributed by atoms with van der Waals surface area (Å²) >= 11 is 0. The average Bonchev–Trinajstić information content (AvgIpc) is 3.57. The predicted octanol–water partition coefficient (Wildman–Crippen LogP) is 3.35. The highest BCUT2D eigenvalue weighted by atomic mass is 16.5. The topological polar surface area (TPSA) is 112 Å². The quantitative estimate of drug-likeness (QED) is 0.545. The number of H-pyrrole nitrogens is 2. The average molecular weight is 390 g/mol. The monoisotopic (exact) mass is 390 g/mol. The lowest BCUT2D eigenvalue weighted by Gasteiger charge is -2.32. The number of hydrogen-bond acceptors (Lipinski definition) is 5. The van der Waals surface area contributed by atoms with Crippen LogP contribution in [0, 0.1) is 5.92 Å². The molecule has 0 saturated heterocycles. The zero-order valence-corrected chi connectivity index (χ0v) is 16.5. The van der Waals surface area contributed by atoms with E-state index in [0.29, 0.717) is 0 Å². The van der Waals surface area contributed by atoms with Gasteiger partial charge in [-0.1, -0.05) is 26.2 Å². The molecule has 2 saturated carbocycles. The van der Waals surface area contributed by atoms with Crippen LogP contribution in [0.25, 0.3) is 0 Å². The summed E-state index contributed by atoms with van der Waals surface area (Å²) < 4.78 is 11.1. The lowest BCUT2D eigenvalue weighted by molar-refractivity contribution is 0.138. The Morgan fingerprint density at radius 1 is 0.929 bits per heavy atom. The summed E-state index contributed by atoms with van der Waals surface area (Å²) in [5.74, 6) is 1.66. The van der Waals surface area contributed by atoms with Gasteiger partial charge < -0.3 is 14.2 Å². The van der Waals surface area contributed by atoms with Gasteiger partial charge in [0.25, 0.3) is 11.1 Å². The summed E-state index contributed by atoms with van der Waals surface area (Å²) in [6.45, 7) is 2.13. The number of nitrogens with one attached hydrogen (secondary N) is 2. The molecule has 0 spiro atoms. The van der Waals surface area contributed by atoms with E-state index in [-0.39, 0.29) is 34.0 Å². The van der Waals surface area contributed by atoms with E-state index in [0.717, 1.165) is 75.7 Å². The molecule has 2 fully saturated rings. The fourth-order valence-electron chi connectivity index (χ4n) is 5.08. The zero-order valence-electron chi connectivity index (χ0n) is 16.5. The van der Waals surface area contributed by atoms with E-state index in [1.165, 1.54) is 0 Å². The second-order valence-corrected chi connectivity index (χ2v) is 8.75. The van der Waals surface area contributed by atoms with Crippen LogP contribution in [0.5, 0.6) is 0 Å². The van der Waals surface area contributed by atoms with Crippen LogP contribution in [0.1, 0.15) is 82.7 Å². The number of aromatic amines is 2. The standard InChI is InChI=1S/C21H30N2O5/c1-2-3-5-14(24)6-4-7-15(20(8-9-20)16-12-18(25)22-27-16)21(10-11-21)17-13-19(26)23-28-17/h12-15,24H,2-11H2,1H3,(H,22,25)(H,23,26). The molecule has 7 nitrogen and oxygen atoms in total. The largest absolute Gasteiger partial charge is 0.393 e. The molecule has 28 heavy (non-hydrogen) atoms. The van der Waals surface area contributed by atoms with E-state index in [2.05, 4.69) is 17.2 Å². The summed E-state index contributed by atoms with van der Waals surface area (Å²) in [6, 6.07) is 3.14. The van der Waals surface area contributed by atoms with E-state index in [1.54, 1.807) is 12.1 Å². The highest BCUT2D eigenvalue weighted by Gasteiger charge is 2.65. The molecule has 7 heteroatoms. The van der Waals surface area contributed by atoms with Crippen LogP contribution in [0.4, 0.5) is 0 Å². The molecule has 2 aliphatic rings. The Balaban J connectivity index is 1.56. The van der Waals surface area contributed by atoms with Crippen LogP contribution in [-0.4, -0.2) is 21.5 Å². The minimum absolute atomic E-state index is 0.181. The molecule has 1 atom stereocenters. The number of aliphatic hydroxyl groups is 1. The van der Waals surface area contributed by atoms with Crippen molar-refractivity contribution in [3.05, 3.63) is 44.4 Å². The molecule has 2 heterocycles. The SMILES string of the molecule is CCCCC(O)CCCC(C1(c2cc(=O)[nH]o2)CC1)C1(c2cc(=O)[nH]o2)CC1. The molecule has 0 aliphatic heterocycles. The Labute approximate surface area is 163 Å². The number of unbranched alkanes of at least 4 members (excludes halogenated alkanes) is 1. The van der Waals surface area contributed by atoms with E-state index < -0.39 is 0 Å². The maximum Gasteiger partial charge on any atom is 0.280 e. The second-order valence-electron chi connectivity index (χ2n) is 8.75. The van der Waals surface area contributed by atoms with Crippen molar-refractivity contribution in [1.82, 2.24) is 10.3 Å². The molecule has 0 bridgehead atoms. The van der Waals surface area contributed by atoms with Gasteiger partial charge in [0, 0.05) is 23.0 Å². The fraction of sp³-hybridized carbons (Fsp3) is 0.714. The van der Waals surface area contributed by atoms with Gasteiger partial charge in [-0.2, -0.15) is 10.3 Å². The van der Waals surface area contributed by atoms with Gasteiger partial charge in [-0.05, 0) is 50.9 Å². The van der Waals surface area contributed by atoms with Gasteiger partial charge in [-0.3, -0.25) is 9.59 Å². The van der Waals surface area contributed by atoms with Crippen LogP contribution >= 0.6 is 0 Å². The molecule has 154 valence electrons. The molecule has 3 N–H and O–H groups in total. The first kappa shape index (κ1) is 19.3. The van der Waals surface area contributed by atoms with Gasteiger partial charge in [-0.25, -0.2) is 0 Å². The Bertz CT molecular complexity index is 832. The first-order valence-electron chi connectivity index (χ1n) is 10.6. The maximum absolute atomic E-state index is 11.7. The fourth-order valence-corrected chi connectivity index (χ4v) is 5.08. The van der Waals surface area contributed by atoms with Crippen molar-refractivity contribution in [1.29, 1.82) is 0 Å². The van der Waals surface area contributed by atoms with Gasteiger partial charge in [-0.15, -0.1) is 0 Å². The molecule has 2 aliphatic carbocycles. The first-order chi connectivity index (χ1) is 13.5. The van der Waals surface area contributed by atoms with Crippen LogP contribution in [0.15, 0.2) is 30.8 Å². The van der Waals surface area contributed by atoms with Gasteiger partial charge in [0.2, 0.25) is 0 Å². The second kappa shape index (κ2) is 7.43. The lowest BCUT2D eigenvalue weighted by atomic mass is 9.71. The smallest absolute Gasteiger partial charge is 0.280 e. The highest BCUT2D eigenvalue weighted by molar-refractivity contribution is 5.33. The highest BCUT2D eigenvalue weighted by Crippen LogP contribution is 2.67. The lowest BCUT2D eigenvalue weighted by Crippen LogP contribution is -2.32. The Morgan fingerprint density at radius 2 is 1.43 bits per heavy atom. The van der Waals surface area contributed by atoms with Crippen molar-refractivity contribution in [2.24, 2.45) is 5.92 Å². The van der Waals surface area contributed by atoms with Crippen molar-refractivity contribution in [2.45, 2.75) is 88.1 Å². The van der Waals surface area contributed by atoms with Crippen molar-refractivity contribution in [2.75, 3.05) is 0 Å².